The first-order chi connectivity index (χ1) is 8.13. The Morgan fingerprint density at radius 3 is 2.82 bits per heavy atom. The van der Waals surface area contributed by atoms with Gasteiger partial charge in [-0.15, -0.1) is 0 Å². The molecule has 1 aromatic rings. The number of anilines is 1. The highest BCUT2D eigenvalue weighted by atomic mass is 16.5. The zero-order valence-electron chi connectivity index (χ0n) is 10.4. The van der Waals surface area contributed by atoms with Gasteiger partial charge in [0.1, 0.15) is 5.75 Å². The van der Waals surface area contributed by atoms with Crippen LogP contribution in [0.2, 0.25) is 0 Å². The number of para-hydroxylation sites is 2. The number of carbonyl (C=O) groups excluding carboxylic acids is 1. The summed E-state index contributed by atoms with van der Waals surface area (Å²) in [5.41, 5.74) is 6.32. The highest BCUT2D eigenvalue weighted by molar-refractivity contribution is 5.92. The van der Waals surface area contributed by atoms with Gasteiger partial charge in [0, 0.05) is 12.5 Å². The standard InChI is InChI=1S/C13H20N2O2/c1-3-17-12-7-5-4-6-11(12)15-13(16)9-8-10(2)14/h4-7,10H,3,8-9,14H2,1-2H3,(H,15,16). The molecule has 0 spiro atoms. The number of nitrogens with two attached hydrogens (primary N) is 1. The Morgan fingerprint density at radius 2 is 2.18 bits per heavy atom. The van der Waals surface area contributed by atoms with Crippen LogP contribution >= 0.6 is 0 Å². The molecule has 1 unspecified atom stereocenters. The highest BCUT2D eigenvalue weighted by Crippen LogP contribution is 2.23. The van der Waals surface area contributed by atoms with Crippen LogP contribution < -0.4 is 15.8 Å². The van der Waals surface area contributed by atoms with E-state index >= 15 is 0 Å². The predicted molar refractivity (Wildman–Crippen MR) is 69.1 cm³/mol. The second-order valence-corrected chi connectivity index (χ2v) is 3.99. The van der Waals surface area contributed by atoms with E-state index in [0.29, 0.717) is 30.9 Å². The Hall–Kier alpha value is -1.55. The van der Waals surface area contributed by atoms with Crippen LogP contribution in [-0.2, 0) is 4.79 Å². The fourth-order valence-corrected chi connectivity index (χ4v) is 1.42. The summed E-state index contributed by atoms with van der Waals surface area (Å²) in [5, 5.41) is 2.83. The number of benzene rings is 1. The third kappa shape index (κ3) is 4.87. The Balaban J connectivity index is 2.58. The van der Waals surface area contributed by atoms with Gasteiger partial charge in [-0.1, -0.05) is 12.1 Å². The van der Waals surface area contributed by atoms with Crippen molar-refractivity contribution in [2.24, 2.45) is 5.73 Å². The van der Waals surface area contributed by atoms with Crippen molar-refractivity contribution in [3.05, 3.63) is 24.3 Å². The lowest BCUT2D eigenvalue weighted by atomic mass is 10.2. The van der Waals surface area contributed by atoms with Crippen LogP contribution in [0.15, 0.2) is 24.3 Å². The first-order valence-corrected chi connectivity index (χ1v) is 5.90. The molecule has 0 aliphatic rings. The van der Waals surface area contributed by atoms with Gasteiger partial charge in [-0.2, -0.15) is 0 Å². The van der Waals surface area contributed by atoms with Crippen LogP contribution in [0.4, 0.5) is 5.69 Å². The van der Waals surface area contributed by atoms with Crippen molar-refractivity contribution in [1.29, 1.82) is 0 Å². The molecule has 94 valence electrons. The number of rotatable bonds is 6. The first-order valence-electron chi connectivity index (χ1n) is 5.90. The first kappa shape index (κ1) is 13.5. The van der Waals surface area contributed by atoms with Gasteiger partial charge in [0.25, 0.3) is 0 Å². The van der Waals surface area contributed by atoms with Gasteiger partial charge in [-0.25, -0.2) is 0 Å². The molecule has 0 saturated heterocycles. The minimum atomic E-state index is -0.0329. The van der Waals surface area contributed by atoms with E-state index in [9.17, 15) is 4.79 Å². The topological polar surface area (TPSA) is 64.3 Å². The lowest BCUT2D eigenvalue weighted by Gasteiger charge is -2.11. The average molecular weight is 236 g/mol. The average Bonchev–Trinajstić information content (AvgIpc) is 2.29. The van der Waals surface area contributed by atoms with Crippen molar-refractivity contribution in [3.8, 4) is 5.75 Å². The maximum absolute atomic E-state index is 11.7. The van der Waals surface area contributed by atoms with Gasteiger partial charge in [0.2, 0.25) is 5.91 Å². The van der Waals surface area contributed by atoms with Crippen molar-refractivity contribution < 1.29 is 9.53 Å². The molecule has 17 heavy (non-hydrogen) atoms. The van der Waals surface area contributed by atoms with Crippen LogP contribution in [0.3, 0.4) is 0 Å². The molecule has 0 heterocycles. The largest absolute Gasteiger partial charge is 0.492 e. The van der Waals surface area contributed by atoms with Crippen LogP contribution in [0.1, 0.15) is 26.7 Å². The van der Waals surface area contributed by atoms with Crippen molar-refractivity contribution in [1.82, 2.24) is 0 Å². The molecule has 1 atom stereocenters. The molecular weight excluding hydrogens is 216 g/mol. The normalized spacial score (nSPS) is 11.9. The van der Waals surface area contributed by atoms with E-state index in [2.05, 4.69) is 5.32 Å². The number of hydrogen-bond donors (Lipinski definition) is 2. The summed E-state index contributed by atoms with van der Waals surface area (Å²) in [7, 11) is 0. The van der Waals surface area contributed by atoms with Crippen LogP contribution in [0.25, 0.3) is 0 Å². The van der Waals surface area contributed by atoms with E-state index in [1.807, 2.05) is 38.1 Å². The van der Waals surface area contributed by atoms with Gasteiger partial charge >= 0.3 is 0 Å². The van der Waals surface area contributed by atoms with E-state index in [1.54, 1.807) is 0 Å². The van der Waals surface area contributed by atoms with Gasteiger partial charge in [-0.05, 0) is 32.4 Å². The quantitative estimate of drug-likeness (QED) is 0.795. The van der Waals surface area contributed by atoms with Gasteiger partial charge in [-0.3, -0.25) is 4.79 Å². The Morgan fingerprint density at radius 1 is 1.47 bits per heavy atom. The van der Waals surface area contributed by atoms with Crippen molar-refractivity contribution in [2.45, 2.75) is 32.7 Å². The monoisotopic (exact) mass is 236 g/mol. The summed E-state index contributed by atoms with van der Waals surface area (Å²) in [6.07, 6.45) is 1.11. The summed E-state index contributed by atoms with van der Waals surface area (Å²) >= 11 is 0. The molecule has 0 bridgehead atoms. The Kier molecular flexibility index (Phi) is 5.49. The second-order valence-electron chi connectivity index (χ2n) is 3.99. The van der Waals surface area contributed by atoms with Gasteiger partial charge in [0.15, 0.2) is 0 Å². The molecular formula is C13H20N2O2. The minimum Gasteiger partial charge on any atom is -0.492 e. The lowest BCUT2D eigenvalue weighted by Crippen LogP contribution is -2.19. The molecule has 1 amide bonds. The zero-order valence-corrected chi connectivity index (χ0v) is 10.4. The summed E-state index contributed by atoms with van der Waals surface area (Å²) in [6, 6.07) is 7.45. The Labute approximate surface area is 102 Å². The summed E-state index contributed by atoms with van der Waals surface area (Å²) in [4.78, 5) is 11.7. The number of nitrogens with one attached hydrogen (secondary N) is 1. The molecule has 0 aliphatic heterocycles. The van der Waals surface area contributed by atoms with Gasteiger partial charge < -0.3 is 15.8 Å². The number of hydrogen-bond acceptors (Lipinski definition) is 3. The molecule has 3 N–H and O–H groups in total. The molecule has 0 aliphatic carbocycles. The second kappa shape index (κ2) is 6.91. The summed E-state index contributed by atoms with van der Waals surface area (Å²) in [5.74, 6) is 0.665. The van der Waals surface area contributed by atoms with E-state index in [1.165, 1.54) is 0 Å². The Bertz CT molecular complexity index is 364. The molecule has 1 rings (SSSR count). The van der Waals surface area contributed by atoms with Crippen molar-refractivity contribution >= 4 is 11.6 Å². The van der Waals surface area contributed by atoms with Crippen LogP contribution in [0, 0.1) is 0 Å². The van der Waals surface area contributed by atoms with E-state index in [0.717, 1.165) is 0 Å². The summed E-state index contributed by atoms with van der Waals surface area (Å²) in [6.45, 7) is 4.38. The van der Waals surface area contributed by atoms with Crippen LogP contribution in [0.5, 0.6) is 5.75 Å². The van der Waals surface area contributed by atoms with Crippen molar-refractivity contribution in [2.75, 3.05) is 11.9 Å². The van der Waals surface area contributed by atoms with Crippen LogP contribution in [-0.4, -0.2) is 18.6 Å². The fourth-order valence-electron chi connectivity index (χ4n) is 1.42. The van der Waals surface area contributed by atoms with E-state index in [-0.39, 0.29) is 11.9 Å². The molecule has 0 aromatic heterocycles. The maximum atomic E-state index is 11.7. The third-order valence-electron chi connectivity index (χ3n) is 2.29. The predicted octanol–water partition coefficient (Wildman–Crippen LogP) is 2.15. The maximum Gasteiger partial charge on any atom is 0.224 e. The van der Waals surface area contributed by atoms with E-state index < -0.39 is 0 Å². The fraction of sp³-hybridized carbons (Fsp3) is 0.462. The molecule has 0 fully saturated rings. The minimum absolute atomic E-state index is 0.0329. The molecule has 0 saturated carbocycles. The lowest BCUT2D eigenvalue weighted by molar-refractivity contribution is -0.116. The molecule has 4 nitrogen and oxygen atoms in total. The van der Waals surface area contributed by atoms with Gasteiger partial charge in [0.05, 0.1) is 12.3 Å². The molecule has 4 heteroatoms. The summed E-state index contributed by atoms with van der Waals surface area (Å²) < 4.78 is 5.42. The SMILES string of the molecule is CCOc1ccccc1NC(=O)CCC(C)N. The molecule has 1 aromatic carbocycles. The smallest absolute Gasteiger partial charge is 0.224 e. The van der Waals surface area contributed by atoms with Crippen molar-refractivity contribution in [3.63, 3.8) is 0 Å². The zero-order chi connectivity index (χ0) is 12.7. The number of amides is 1. The highest BCUT2D eigenvalue weighted by Gasteiger charge is 2.07. The molecule has 0 radical (unpaired) electrons. The number of ether oxygens (including phenoxy) is 1. The van der Waals surface area contributed by atoms with E-state index in [4.69, 9.17) is 10.5 Å². The number of carbonyl (C=O) groups is 1. The third-order valence-corrected chi connectivity index (χ3v) is 2.29.